The number of phenols is 2. The van der Waals surface area contributed by atoms with E-state index >= 15 is 0 Å². The van der Waals surface area contributed by atoms with Crippen LogP contribution in [0.2, 0.25) is 0 Å². The van der Waals surface area contributed by atoms with Gasteiger partial charge in [0.25, 0.3) is 0 Å². The van der Waals surface area contributed by atoms with E-state index in [1.807, 2.05) is 50.2 Å². The smallest absolute Gasteiger partial charge is 0.0702 e. The number of aromatic hydroxyl groups is 2. The van der Waals surface area contributed by atoms with E-state index in [0.29, 0.717) is 11.1 Å². The van der Waals surface area contributed by atoms with Gasteiger partial charge in [0, 0.05) is 126 Å². The molecule has 223 valence electrons. The maximum absolute atomic E-state index is 10.6. The van der Waals surface area contributed by atoms with Crippen molar-refractivity contribution in [2.45, 2.75) is 21.3 Å². The fourth-order valence-electron chi connectivity index (χ4n) is 4.98. The molecule has 0 heterocycles. The average molecular weight is 955 g/mol. The molecule has 0 saturated carbocycles. The zero-order valence-corrected chi connectivity index (χ0v) is 33.7. The van der Waals surface area contributed by atoms with Crippen LogP contribution in [0.25, 0.3) is 32.7 Å². The van der Waals surface area contributed by atoms with Crippen molar-refractivity contribution in [1.82, 2.24) is 0 Å². The third kappa shape index (κ3) is 8.76. The number of hydrogen-bond acceptors (Lipinski definition) is 4. The van der Waals surface area contributed by atoms with Gasteiger partial charge in [-0.25, -0.2) is 0 Å². The van der Waals surface area contributed by atoms with Gasteiger partial charge in [-0.1, -0.05) is 93.1 Å². The third-order valence-corrected chi connectivity index (χ3v) is 7.12. The fourth-order valence-corrected chi connectivity index (χ4v) is 4.98. The molecule has 0 fully saturated rings. The summed E-state index contributed by atoms with van der Waals surface area (Å²) in [6, 6.07) is 37.7. The van der Waals surface area contributed by atoms with E-state index in [4.69, 9.17) is 9.98 Å². The Kier molecular flexibility index (Phi) is 16.9. The van der Waals surface area contributed by atoms with Crippen LogP contribution in [-0.2, 0) is 103 Å². The molecule has 0 amide bonds. The average Bonchev–Trinajstić information content (AvgIpc) is 2.98. The second-order valence-corrected chi connectivity index (χ2v) is 9.76. The van der Waals surface area contributed by atoms with E-state index in [1.54, 1.807) is 36.7 Å². The Labute approximate surface area is 340 Å². The summed E-state index contributed by atoms with van der Waals surface area (Å²) in [6.07, 6.45) is 3.36. The zero-order chi connectivity index (χ0) is 27.6. The molecule has 0 aliphatic rings. The minimum atomic E-state index is 0. The number of hydrogen-bond donors (Lipinski definition) is 2. The maximum atomic E-state index is 10.6. The van der Waals surface area contributed by atoms with Gasteiger partial charge in [-0.05, 0) is 46.1 Å². The Balaban J connectivity index is 0.00000202. The SMILES string of the molecule is C.Cc1c[c-]cc(C=Nc2ccc3ccccc3c2-c2c(N=Cc3c[c-]cc(C)c3O)ccc3ccccc23)c1O.[Co].[W].[Y].[Y]. The molecule has 6 rings (SSSR count). The molecular formula is C37H30CoN2O2WY2-2. The van der Waals surface area contributed by atoms with E-state index in [-0.39, 0.29) is 122 Å². The molecule has 3 radical (unpaired) electrons. The van der Waals surface area contributed by atoms with Gasteiger partial charge in [0.2, 0.25) is 0 Å². The Morgan fingerprint density at radius 2 is 0.956 bits per heavy atom. The first-order valence-electron chi connectivity index (χ1n) is 13.0. The number of phenolic OH excluding ortho intramolecular Hbond substituents is 2. The molecule has 6 aromatic rings. The Morgan fingerprint density at radius 1 is 0.578 bits per heavy atom. The maximum Gasteiger partial charge on any atom is 0.0702 e. The summed E-state index contributed by atoms with van der Waals surface area (Å²) in [6.45, 7) is 3.68. The van der Waals surface area contributed by atoms with Crippen molar-refractivity contribution in [3.8, 4) is 22.6 Å². The van der Waals surface area contributed by atoms with Crippen LogP contribution < -0.4 is 0 Å². The molecule has 45 heavy (non-hydrogen) atoms. The molecule has 2 N–H and O–H groups in total. The number of aryl methyl sites for hydroxylation is 2. The topological polar surface area (TPSA) is 65.2 Å². The van der Waals surface area contributed by atoms with Gasteiger partial charge < -0.3 is 10.2 Å². The first kappa shape index (κ1) is 41.2. The predicted molar refractivity (Wildman–Crippen MR) is 171 cm³/mol. The summed E-state index contributed by atoms with van der Waals surface area (Å²) in [5, 5.41) is 25.4. The quantitative estimate of drug-likeness (QED) is 0.134. The largest absolute Gasteiger partial charge is 0.533 e. The monoisotopic (exact) mass is 955 g/mol. The second-order valence-electron chi connectivity index (χ2n) is 9.76. The molecule has 4 nitrogen and oxygen atoms in total. The van der Waals surface area contributed by atoms with E-state index in [0.717, 1.165) is 55.2 Å². The van der Waals surface area contributed by atoms with Crippen molar-refractivity contribution in [2.75, 3.05) is 0 Å². The van der Waals surface area contributed by atoms with Gasteiger partial charge in [0.15, 0.2) is 0 Å². The van der Waals surface area contributed by atoms with Gasteiger partial charge in [-0.3, -0.25) is 9.98 Å². The van der Waals surface area contributed by atoms with Crippen LogP contribution >= 0.6 is 0 Å². The van der Waals surface area contributed by atoms with E-state index in [2.05, 4.69) is 48.5 Å². The summed E-state index contributed by atoms with van der Waals surface area (Å²) in [7, 11) is 0. The van der Waals surface area contributed by atoms with Crippen molar-refractivity contribution < 1.29 is 113 Å². The second kappa shape index (κ2) is 18.5. The Hall–Kier alpha value is -1.82. The molecule has 0 unspecified atom stereocenters. The third-order valence-electron chi connectivity index (χ3n) is 7.12. The van der Waals surface area contributed by atoms with Crippen molar-refractivity contribution in [3.63, 3.8) is 0 Å². The minimum absolute atomic E-state index is 0. The Morgan fingerprint density at radius 3 is 1.36 bits per heavy atom. The molecule has 0 aliphatic carbocycles. The van der Waals surface area contributed by atoms with Gasteiger partial charge in [0.05, 0.1) is 11.4 Å². The summed E-state index contributed by atoms with van der Waals surface area (Å²) in [5.74, 6) is 0.380. The van der Waals surface area contributed by atoms with Crippen molar-refractivity contribution >= 4 is 45.3 Å². The summed E-state index contributed by atoms with van der Waals surface area (Å²) in [4.78, 5) is 9.79. The van der Waals surface area contributed by atoms with Gasteiger partial charge in [0.1, 0.15) is 0 Å². The standard InChI is InChI=1S/C36H26N2O2.CH4.Co.W.2Y/c1-23-9-7-13-27(35(23)39)21-37-31-19-17-25-11-3-5-15-29(25)33(31)34-30-16-6-4-12-26(30)18-20-32(34)38-22-28-14-8-10-24(2)36(28)40;;;;;/h3-6,9-22,39-40H,1-2H3;1H4;;;;/q-2;;;;;. The predicted octanol–water partition coefficient (Wildman–Crippen LogP) is 9.42. The van der Waals surface area contributed by atoms with E-state index in [9.17, 15) is 10.2 Å². The van der Waals surface area contributed by atoms with Crippen LogP contribution in [0.1, 0.15) is 29.7 Å². The molecule has 8 heteroatoms. The summed E-state index contributed by atoms with van der Waals surface area (Å²) >= 11 is 0. The van der Waals surface area contributed by atoms with Crippen LogP contribution in [0.15, 0.2) is 107 Å². The van der Waals surface area contributed by atoms with Gasteiger partial charge in [-0.2, -0.15) is 36.4 Å². The van der Waals surface area contributed by atoms with E-state index < -0.39 is 0 Å². The number of fused-ring (bicyclic) bond motifs is 2. The molecule has 0 saturated heterocycles. The Bertz CT molecular complexity index is 1840. The van der Waals surface area contributed by atoms with E-state index in [1.165, 1.54) is 0 Å². The molecule has 0 bridgehead atoms. The number of benzene rings is 6. The van der Waals surface area contributed by atoms with Crippen molar-refractivity contribution in [1.29, 1.82) is 0 Å². The number of rotatable bonds is 5. The molecule has 0 atom stereocenters. The van der Waals surface area contributed by atoms with Gasteiger partial charge in [-0.15, -0.1) is 11.1 Å². The number of aliphatic imine (C=N–C) groups is 2. The zero-order valence-electron chi connectivity index (χ0n) is 24.1. The minimum Gasteiger partial charge on any atom is -0.533 e. The molecular weight excluding hydrogens is 925 g/mol. The molecule has 0 spiro atoms. The van der Waals surface area contributed by atoms with Crippen molar-refractivity contribution in [3.05, 3.63) is 131 Å². The van der Waals surface area contributed by atoms with Crippen molar-refractivity contribution in [2.24, 2.45) is 9.98 Å². The fraction of sp³-hybridized carbons (Fsp3) is 0.0811. The van der Waals surface area contributed by atoms with Crippen LogP contribution in [0.3, 0.4) is 0 Å². The van der Waals surface area contributed by atoms with Crippen LogP contribution in [0.4, 0.5) is 11.4 Å². The van der Waals surface area contributed by atoms with Gasteiger partial charge >= 0.3 is 0 Å². The molecule has 6 aromatic carbocycles. The first-order valence-corrected chi connectivity index (χ1v) is 13.0. The number of nitrogens with zero attached hydrogens (tertiary/aromatic N) is 2. The first-order chi connectivity index (χ1) is 19.5. The summed E-state index contributed by atoms with van der Waals surface area (Å²) in [5.41, 5.74) is 6.06. The normalized spacial score (nSPS) is 10.4. The van der Waals surface area contributed by atoms with Crippen LogP contribution in [-0.4, -0.2) is 22.6 Å². The van der Waals surface area contributed by atoms with Crippen LogP contribution in [0.5, 0.6) is 11.5 Å². The summed E-state index contributed by atoms with van der Waals surface area (Å²) < 4.78 is 0. The molecule has 0 aromatic heterocycles. The molecule has 0 aliphatic heterocycles. The van der Waals surface area contributed by atoms with Crippen LogP contribution in [0, 0.1) is 26.0 Å².